The highest BCUT2D eigenvalue weighted by Crippen LogP contribution is 2.30. The van der Waals surface area contributed by atoms with E-state index < -0.39 is 0 Å². The first kappa shape index (κ1) is 19.4. The van der Waals surface area contributed by atoms with Gasteiger partial charge in [-0.1, -0.05) is 55.0 Å². The molecule has 0 bridgehead atoms. The Bertz CT molecular complexity index is 1010. The second kappa shape index (κ2) is 8.65. The van der Waals surface area contributed by atoms with Gasteiger partial charge in [0.1, 0.15) is 5.69 Å². The van der Waals surface area contributed by atoms with Gasteiger partial charge in [-0.3, -0.25) is 4.79 Å². The minimum Gasteiger partial charge on any atom is -0.350 e. The van der Waals surface area contributed by atoms with Gasteiger partial charge in [0.15, 0.2) is 0 Å². The standard InChI is InChI=1S/C26H31N3O/c30-26(27-18-22-12-8-16-28-15-7-6-13-23(22)28)25-17-21-11-4-5-14-24(21)29(25)19-20-9-2-1-3-10-20/h1-5,9-11,14,17,22-23H,6-8,12-13,15-16,18-19H2,(H,27,30)/t22-,23-/m1/s1. The highest BCUT2D eigenvalue weighted by Gasteiger charge is 2.33. The Balaban J connectivity index is 1.36. The number of para-hydroxylation sites is 1. The van der Waals surface area contributed by atoms with Crippen LogP contribution in [0.3, 0.4) is 0 Å². The summed E-state index contributed by atoms with van der Waals surface area (Å²) in [5, 5.41) is 4.42. The Kier molecular flexibility index (Phi) is 5.58. The van der Waals surface area contributed by atoms with E-state index in [9.17, 15) is 4.79 Å². The minimum absolute atomic E-state index is 0.0510. The Morgan fingerprint density at radius 1 is 0.933 bits per heavy atom. The first-order chi connectivity index (χ1) is 14.8. The van der Waals surface area contributed by atoms with Gasteiger partial charge in [0, 0.05) is 30.0 Å². The minimum atomic E-state index is 0.0510. The van der Waals surface area contributed by atoms with Crippen molar-refractivity contribution < 1.29 is 4.79 Å². The van der Waals surface area contributed by atoms with Crippen molar-refractivity contribution in [3.05, 3.63) is 71.9 Å². The molecule has 2 aliphatic heterocycles. The van der Waals surface area contributed by atoms with Crippen molar-refractivity contribution >= 4 is 16.8 Å². The van der Waals surface area contributed by atoms with Crippen LogP contribution in [-0.2, 0) is 6.54 Å². The van der Waals surface area contributed by atoms with Gasteiger partial charge >= 0.3 is 0 Å². The van der Waals surface area contributed by atoms with Crippen molar-refractivity contribution in [2.24, 2.45) is 5.92 Å². The molecule has 5 rings (SSSR count). The Morgan fingerprint density at radius 2 is 1.73 bits per heavy atom. The quantitative estimate of drug-likeness (QED) is 0.674. The molecule has 2 aliphatic rings. The summed E-state index contributed by atoms with van der Waals surface area (Å²) in [7, 11) is 0. The van der Waals surface area contributed by atoms with E-state index in [4.69, 9.17) is 0 Å². The first-order valence-electron chi connectivity index (χ1n) is 11.4. The summed E-state index contributed by atoms with van der Waals surface area (Å²) >= 11 is 0. The average molecular weight is 402 g/mol. The monoisotopic (exact) mass is 401 g/mol. The molecule has 2 atom stereocenters. The van der Waals surface area contributed by atoms with Crippen LogP contribution in [0.4, 0.5) is 0 Å². The lowest BCUT2D eigenvalue weighted by Gasteiger charge is -2.44. The van der Waals surface area contributed by atoms with Crippen molar-refractivity contribution in [3.63, 3.8) is 0 Å². The zero-order chi connectivity index (χ0) is 20.3. The molecule has 1 N–H and O–H groups in total. The molecule has 1 aromatic heterocycles. The lowest BCUT2D eigenvalue weighted by molar-refractivity contribution is 0.0574. The van der Waals surface area contributed by atoms with Crippen LogP contribution in [0.15, 0.2) is 60.7 Å². The highest BCUT2D eigenvalue weighted by atomic mass is 16.1. The zero-order valence-corrected chi connectivity index (χ0v) is 17.6. The Labute approximate surface area is 178 Å². The smallest absolute Gasteiger partial charge is 0.267 e. The van der Waals surface area contributed by atoms with Crippen LogP contribution >= 0.6 is 0 Å². The third-order valence-electron chi connectivity index (χ3n) is 6.98. The maximum absolute atomic E-state index is 13.3. The Hall–Kier alpha value is -2.59. The van der Waals surface area contributed by atoms with Crippen molar-refractivity contribution in [2.75, 3.05) is 19.6 Å². The van der Waals surface area contributed by atoms with Crippen LogP contribution in [0, 0.1) is 5.92 Å². The van der Waals surface area contributed by atoms with Gasteiger partial charge in [-0.2, -0.15) is 0 Å². The maximum Gasteiger partial charge on any atom is 0.267 e. The third-order valence-corrected chi connectivity index (χ3v) is 6.98. The molecule has 3 heterocycles. The number of nitrogens with one attached hydrogen (secondary N) is 1. The number of nitrogens with zero attached hydrogens (tertiary/aromatic N) is 2. The van der Waals surface area contributed by atoms with Gasteiger partial charge in [-0.25, -0.2) is 0 Å². The summed E-state index contributed by atoms with van der Waals surface area (Å²) in [4.78, 5) is 15.9. The van der Waals surface area contributed by atoms with Crippen LogP contribution in [0.2, 0.25) is 0 Å². The number of carbonyl (C=O) groups is 1. The molecule has 0 spiro atoms. The second-order valence-electron chi connectivity index (χ2n) is 8.87. The number of fused-ring (bicyclic) bond motifs is 2. The normalized spacial score (nSPS) is 22.0. The van der Waals surface area contributed by atoms with Crippen LogP contribution in [0.25, 0.3) is 10.9 Å². The van der Waals surface area contributed by atoms with Crippen molar-refractivity contribution in [2.45, 2.75) is 44.7 Å². The van der Waals surface area contributed by atoms with E-state index in [1.807, 2.05) is 24.3 Å². The molecular weight excluding hydrogens is 370 g/mol. The molecule has 4 nitrogen and oxygen atoms in total. The van der Waals surface area contributed by atoms with E-state index in [0.29, 0.717) is 18.5 Å². The summed E-state index contributed by atoms with van der Waals surface area (Å²) in [5.74, 6) is 0.630. The molecular formula is C26H31N3O. The highest BCUT2D eigenvalue weighted by molar-refractivity contribution is 5.98. The fraction of sp³-hybridized carbons (Fsp3) is 0.423. The summed E-state index contributed by atoms with van der Waals surface area (Å²) in [6.07, 6.45) is 6.43. The number of benzene rings is 2. The van der Waals surface area contributed by atoms with Crippen LogP contribution in [0.5, 0.6) is 0 Å². The zero-order valence-electron chi connectivity index (χ0n) is 17.6. The first-order valence-corrected chi connectivity index (χ1v) is 11.4. The van der Waals surface area contributed by atoms with E-state index in [1.165, 1.54) is 50.8 Å². The van der Waals surface area contributed by atoms with Crippen LogP contribution in [0.1, 0.15) is 48.2 Å². The summed E-state index contributed by atoms with van der Waals surface area (Å²) in [5.41, 5.74) is 3.08. The van der Waals surface area contributed by atoms with E-state index in [1.54, 1.807) is 0 Å². The van der Waals surface area contributed by atoms with Gasteiger partial charge in [-0.15, -0.1) is 0 Å². The molecule has 156 valence electrons. The van der Waals surface area contributed by atoms with Crippen molar-refractivity contribution in [1.82, 2.24) is 14.8 Å². The fourth-order valence-electron chi connectivity index (χ4n) is 5.46. The fourth-order valence-corrected chi connectivity index (χ4v) is 5.46. The summed E-state index contributed by atoms with van der Waals surface area (Å²) in [6.45, 7) is 3.96. The molecule has 30 heavy (non-hydrogen) atoms. The van der Waals surface area contributed by atoms with Gasteiger partial charge in [0.2, 0.25) is 0 Å². The van der Waals surface area contributed by atoms with Gasteiger partial charge < -0.3 is 14.8 Å². The Morgan fingerprint density at radius 3 is 2.63 bits per heavy atom. The topological polar surface area (TPSA) is 37.3 Å². The van der Waals surface area contributed by atoms with Gasteiger partial charge in [0.25, 0.3) is 5.91 Å². The van der Waals surface area contributed by atoms with E-state index >= 15 is 0 Å². The van der Waals surface area contributed by atoms with Gasteiger partial charge in [-0.05, 0) is 62.4 Å². The predicted octanol–water partition coefficient (Wildman–Crippen LogP) is 4.68. The van der Waals surface area contributed by atoms with Gasteiger partial charge in [0.05, 0.1) is 0 Å². The lowest BCUT2D eigenvalue weighted by Crippen LogP contribution is -2.51. The van der Waals surface area contributed by atoms with E-state index in [0.717, 1.165) is 23.1 Å². The number of rotatable bonds is 5. The summed E-state index contributed by atoms with van der Waals surface area (Å²) in [6, 6.07) is 21.4. The maximum atomic E-state index is 13.3. The SMILES string of the molecule is O=C(NC[C@H]1CCCN2CCCC[C@H]12)c1cc2ccccc2n1Cc1ccccc1. The number of carbonyl (C=O) groups excluding carboxylic acids is 1. The largest absolute Gasteiger partial charge is 0.350 e. The number of hydrogen-bond acceptors (Lipinski definition) is 2. The molecule has 0 aliphatic carbocycles. The molecule has 4 heteroatoms. The van der Waals surface area contributed by atoms with E-state index in [2.05, 4.69) is 51.2 Å². The molecule has 3 aromatic rings. The van der Waals surface area contributed by atoms with Crippen molar-refractivity contribution in [3.8, 4) is 0 Å². The van der Waals surface area contributed by atoms with Crippen LogP contribution < -0.4 is 5.32 Å². The predicted molar refractivity (Wildman–Crippen MR) is 122 cm³/mol. The van der Waals surface area contributed by atoms with Crippen LogP contribution in [-0.4, -0.2) is 41.1 Å². The molecule has 2 aromatic carbocycles. The number of piperidine rings is 2. The van der Waals surface area contributed by atoms with Crippen molar-refractivity contribution in [1.29, 1.82) is 0 Å². The molecule has 1 amide bonds. The number of aromatic nitrogens is 1. The molecule has 0 saturated carbocycles. The van der Waals surface area contributed by atoms with E-state index in [-0.39, 0.29) is 5.91 Å². The number of hydrogen-bond donors (Lipinski definition) is 1. The number of amides is 1. The average Bonchev–Trinajstić information content (AvgIpc) is 3.16. The lowest BCUT2D eigenvalue weighted by atomic mass is 9.83. The third kappa shape index (κ3) is 3.89. The molecule has 2 fully saturated rings. The summed E-state index contributed by atoms with van der Waals surface area (Å²) < 4.78 is 2.16. The molecule has 2 saturated heterocycles. The molecule has 0 unspecified atom stereocenters. The molecule has 0 radical (unpaired) electrons. The second-order valence-corrected chi connectivity index (χ2v) is 8.87.